The first-order valence-electron chi connectivity index (χ1n) is 6.83. The van der Waals surface area contributed by atoms with Gasteiger partial charge in [-0.05, 0) is 31.2 Å². The van der Waals surface area contributed by atoms with Crippen molar-refractivity contribution in [2.45, 2.75) is 19.6 Å². The van der Waals surface area contributed by atoms with Crippen molar-refractivity contribution in [2.24, 2.45) is 0 Å². The molecule has 0 saturated carbocycles. The summed E-state index contributed by atoms with van der Waals surface area (Å²) in [5.41, 5.74) is 2.39. The molecule has 1 unspecified atom stereocenters. The van der Waals surface area contributed by atoms with Crippen LogP contribution in [-0.2, 0) is 11.3 Å². The van der Waals surface area contributed by atoms with Crippen molar-refractivity contribution in [3.8, 4) is 0 Å². The minimum atomic E-state index is -1.04. The number of anilines is 2. The van der Waals surface area contributed by atoms with Gasteiger partial charge in [0.2, 0.25) is 0 Å². The Kier molecular flexibility index (Phi) is 3.22. The second-order valence-electron chi connectivity index (χ2n) is 5.41. The molecule has 0 radical (unpaired) electrons. The van der Waals surface area contributed by atoms with Crippen LogP contribution in [0.3, 0.4) is 0 Å². The molecule has 0 spiro atoms. The SMILES string of the molecule is Cc1ccc(CN(C)c2ccc3c(c2)N(C)C(=O)C3O)o1. The van der Waals surface area contributed by atoms with Gasteiger partial charge in [-0.25, -0.2) is 0 Å². The molecule has 1 amide bonds. The third-order valence-corrected chi connectivity index (χ3v) is 3.86. The number of fused-ring (bicyclic) bond motifs is 1. The number of nitrogens with zero attached hydrogens (tertiary/aromatic N) is 2. The molecule has 0 fully saturated rings. The summed E-state index contributed by atoms with van der Waals surface area (Å²) in [6, 6.07) is 9.53. The molecule has 1 N–H and O–H groups in total. The molecule has 5 heteroatoms. The van der Waals surface area contributed by atoms with Crippen LogP contribution in [-0.4, -0.2) is 25.1 Å². The van der Waals surface area contributed by atoms with E-state index in [1.165, 1.54) is 4.90 Å². The number of carbonyl (C=O) groups excluding carboxylic acids is 1. The van der Waals surface area contributed by atoms with Crippen molar-refractivity contribution in [1.82, 2.24) is 0 Å². The number of carbonyl (C=O) groups is 1. The third kappa shape index (κ3) is 2.29. The summed E-state index contributed by atoms with van der Waals surface area (Å²) in [4.78, 5) is 15.3. The van der Waals surface area contributed by atoms with Crippen molar-refractivity contribution in [1.29, 1.82) is 0 Å². The van der Waals surface area contributed by atoms with E-state index in [4.69, 9.17) is 4.42 Å². The maximum Gasteiger partial charge on any atom is 0.260 e. The Morgan fingerprint density at radius 1 is 1.33 bits per heavy atom. The number of amides is 1. The standard InChI is InChI=1S/C16H18N2O3/c1-10-4-6-12(21-10)9-17(2)11-5-7-13-14(8-11)18(3)16(20)15(13)19/h4-8,15,19H,9H2,1-3H3. The highest BCUT2D eigenvalue weighted by molar-refractivity contribution is 6.03. The fourth-order valence-electron chi connectivity index (χ4n) is 2.62. The molecule has 1 aliphatic heterocycles. The van der Waals surface area contributed by atoms with E-state index in [1.807, 2.05) is 43.1 Å². The molecule has 110 valence electrons. The van der Waals surface area contributed by atoms with Gasteiger partial charge in [0.15, 0.2) is 6.10 Å². The minimum Gasteiger partial charge on any atom is -0.464 e. The maximum absolute atomic E-state index is 11.8. The van der Waals surface area contributed by atoms with Gasteiger partial charge in [0.1, 0.15) is 11.5 Å². The Hall–Kier alpha value is -2.27. The van der Waals surface area contributed by atoms with Crippen molar-refractivity contribution in [3.05, 3.63) is 47.4 Å². The van der Waals surface area contributed by atoms with Crippen LogP contribution in [0.5, 0.6) is 0 Å². The lowest BCUT2D eigenvalue weighted by molar-refractivity contribution is -0.125. The Balaban J connectivity index is 1.86. The Labute approximate surface area is 123 Å². The Bertz CT molecular complexity index is 693. The van der Waals surface area contributed by atoms with Crippen molar-refractivity contribution < 1.29 is 14.3 Å². The number of aliphatic hydroxyl groups is 1. The predicted molar refractivity (Wildman–Crippen MR) is 80.4 cm³/mol. The highest BCUT2D eigenvalue weighted by Gasteiger charge is 2.33. The zero-order valence-corrected chi connectivity index (χ0v) is 12.3. The first-order valence-corrected chi connectivity index (χ1v) is 6.83. The summed E-state index contributed by atoms with van der Waals surface area (Å²) in [6.07, 6.45) is -1.04. The number of aryl methyl sites for hydroxylation is 1. The van der Waals surface area contributed by atoms with Gasteiger partial charge >= 0.3 is 0 Å². The van der Waals surface area contributed by atoms with E-state index in [-0.39, 0.29) is 5.91 Å². The molecule has 1 aliphatic rings. The van der Waals surface area contributed by atoms with Gasteiger partial charge in [-0.1, -0.05) is 6.07 Å². The van der Waals surface area contributed by atoms with Gasteiger partial charge in [-0.2, -0.15) is 0 Å². The Morgan fingerprint density at radius 3 is 2.76 bits per heavy atom. The van der Waals surface area contributed by atoms with Gasteiger partial charge in [-0.15, -0.1) is 0 Å². The molecule has 0 saturated heterocycles. The van der Waals surface area contributed by atoms with E-state index in [2.05, 4.69) is 0 Å². The molecule has 0 bridgehead atoms. The molecule has 0 aliphatic carbocycles. The highest BCUT2D eigenvalue weighted by atomic mass is 16.3. The summed E-state index contributed by atoms with van der Waals surface area (Å²) in [6.45, 7) is 2.56. The van der Waals surface area contributed by atoms with E-state index < -0.39 is 6.10 Å². The largest absolute Gasteiger partial charge is 0.464 e. The summed E-state index contributed by atoms with van der Waals surface area (Å²) in [5.74, 6) is 1.49. The van der Waals surface area contributed by atoms with E-state index in [0.29, 0.717) is 12.1 Å². The molecule has 3 rings (SSSR count). The lowest BCUT2D eigenvalue weighted by atomic mass is 10.1. The van der Waals surface area contributed by atoms with Crippen LogP contribution in [0.2, 0.25) is 0 Å². The Morgan fingerprint density at radius 2 is 2.10 bits per heavy atom. The molecule has 2 heterocycles. The number of benzene rings is 1. The van der Waals surface area contributed by atoms with E-state index in [9.17, 15) is 9.90 Å². The monoisotopic (exact) mass is 286 g/mol. The third-order valence-electron chi connectivity index (χ3n) is 3.86. The van der Waals surface area contributed by atoms with Crippen LogP contribution in [0.1, 0.15) is 23.2 Å². The molecule has 5 nitrogen and oxygen atoms in total. The highest BCUT2D eigenvalue weighted by Crippen LogP contribution is 2.37. The van der Waals surface area contributed by atoms with Crippen LogP contribution < -0.4 is 9.80 Å². The number of hydrogen-bond acceptors (Lipinski definition) is 4. The average Bonchev–Trinajstić information content (AvgIpc) is 2.97. The van der Waals surface area contributed by atoms with Crippen LogP contribution in [0.15, 0.2) is 34.7 Å². The fourth-order valence-corrected chi connectivity index (χ4v) is 2.62. The number of hydrogen-bond donors (Lipinski definition) is 1. The average molecular weight is 286 g/mol. The summed E-state index contributed by atoms with van der Waals surface area (Å²) in [5, 5.41) is 9.87. The smallest absolute Gasteiger partial charge is 0.260 e. The molecule has 2 aromatic rings. The molecule has 1 aromatic heterocycles. The predicted octanol–water partition coefficient (Wildman–Crippen LogP) is 2.23. The van der Waals surface area contributed by atoms with Crippen molar-refractivity contribution in [2.75, 3.05) is 23.9 Å². The van der Waals surface area contributed by atoms with Gasteiger partial charge in [0, 0.05) is 25.3 Å². The summed E-state index contributed by atoms with van der Waals surface area (Å²) < 4.78 is 5.58. The van der Waals surface area contributed by atoms with Crippen LogP contribution >= 0.6 is 0 Å². The molecular formula is C16H18N2O3. The van der Waals surface area contributed by atoms with Crippen LogP contribution in [0, 0.1) is 6.92 Å². The second kappa shape index (κ2) is 4.93. The molecule has 1 atom stereocenters. The van der Waals surface area contributed by atoms with Crippen LogP contribution in [0.4, 0.5) is 11.4 Å². The second-order valence-corrected chi connectivity index (χ2v) is 5.41. The number of aliphatic hydroxyl groups excluding tert-OH is 1. The van der Waals surface area contributed by atoms with Gasteiger partial charge in [0.05, 0.1) is 12.2 Å². The molecule has 1 aromatic carbocycles. The lowest BCUT2D eigenvalue weighted by Gasteiger charge is -2.20. The number of likely N-dealkylation sites (N-methyl/N-ethyl adjacent to an activating group) is 1. The van der Waals surface area contributed by atoms with Crippen molar-refractivity contribution in [3.63, 3.8) is 0 Å². The van der Waals surface area contributed by atoms with Gasteiger partial charge in [0.25, 0.3) is 5.91 Å². The molecule has 21 heavy (non-hydrogen) atoms. The zero-order valence-electron chi connectivity index (χ0n) is 12.3. The van der Waals surface area contributed by atoms with Gasteiger partial charge < -0.3 is 19.3 Å². The molecular weight excluding hydrogens is 268 g/mol. The number of rotatable bonds is 3. The number of furan rings is 1. The summed E-state index contributed by atoms with van der Waals surface area (Å²) >= 11 is 0. The lowest BCUT2D eigenvalue weighted by Crippen LogP contribution is -2.23. The van der Waals surface area contributed by atoms with E-state index >= 15 is 0 Å². The topological polar surface area (TPSA) is 56.9 Å². The van der Waals surface area contributed by atoms with E-state index in [1.54, 1.807) is 13.1 Å². The first-order chi connectivity index (χ1) is 9.97. The van der Waals surface area contributed by atoms with Crippen molar-refractivity contribution >= 4 is 17.3 Å². The summed E-state index contributed by atoms with van der Waals surface area (Å²) in [7, 11) is 3.64. The van der Waals surface area contributed by atoms with E-state index in [0.717, 1.165) is 22.9 Å². The zero-order chi connectivity index (χ0) is 15.1. The minimum absolute atomic E-state index is 0.286. The van der Waals surface area contributed by atoms with Crippen LogP contribution in [0.25, 0.3) is 0 Å². The fraction of sp³-hybridized carbons (Fsp3) is 0.312. The normalized spacial score (nSPS) is 17.2. The maximum atomic E-state index is 11.8. The quantitative estimate of drug-likeness (QED) is 0.940. The van der Waals surface area contributed by atoms with Gasteiger partial charge in [-0.3, -0.25) is 4.79 Å². The first kappa shape index (κ1) is 13.7.